The highest BCUT2D eigenvalue weighted by molar-refractivity contribution is 7.80. The van der Waals surface area contributed by atoms with Crippen LogP contribution in [0, 0.1) is 0 Å². The maximum Gasteiger partial charge on any atom is 0.408 e. The summed E-state index contributed by atoms with van der Waals surface area (Å²) >= 11 is 20.3. The fourth-order valence-corrected chi connectivity index (χ4v) is 1.74. The summed E-state index contributed by atoms with van der Waals surface area (Å²) < 4.78 is 8.03. The first-order chi connectivity index (χ1) is 10.3. The van der Waals surface area contributed by atoms with E-state index in [1.165, 1.54) is 0 Å². The summed E-state index contributed by atoms with van der Waals surface area (Å²) in [4.78, 5) is 23.4. The maximum atomic E-state index is 11.9. The van der Waals surface area contributed by atoms with Crippen molar-refractivity contribution >= 4 is 59.5 Å². The van der Waals surface area contributed by atoms with Gasteiger partial charge in [-0.2, -0.15) is 12.6 Å². The zero-order valence-corrected chi connectivity index (χ0v) is 14.5. The minimum atomic E-state index is -1.72. The van der Waals surface area contributed by atoms with Crippen LogP contribution in [-0.2, 0) is 20.9 Å². The lowest BCUT2D eigenvalue weighted by atomic mass is 10.2. The predicted octanol–water partition coefficient (Wildman–Crippen LogP) is 3.12. The van der Waals surface area contributed by atoms with Gasteiger partial charge in [-0.3, -0.25) is 0 Å². The van der Waals surface area contributed by atoms with Gasteiger partial charge >= 0.3 is 12.1 Å². The number of rotatable bonds is 6. The van der Waals surface area contributed by atoms with Gasteiger partial charge in [0.15, 0.2) is 0 Å². The smallest absolute Gasteiger partial charge is 0.408 e. The van der Waals surface area contributed by atoms with E-state index in [0.29, 0.717) is 0 Å². The van der Waals surface area contributed by atoms with Gasteiger partial charge in [-0.15, -0.1) is 0 Å². The second-order valence-electron chi connectivity index (χ2n) is 4.16. The van der Waals surface area contributed by atoms with Crippen molar-refractivity contribution in [2.75, 3.05) is 12.4 Å². The second-order valence-corrected chi connectivity index (χ2v) is 7.05. The topological polar surface area (TPSA) is 64.6 Å². The molecule has 0 aliphatic carbocycles. The van der Waals surface area contributed by atoms with Crippen molar-refractivity contribution in [1.82, 2.24) is 5.32 Å². The molecule has 22 heavy (non-hydrogen) atoms. The van der Waals surface area contributed by atoms with E-state index in [1.807, 2.05) is 30.3 Å². The molecular weight excluding hydrogens is 373 g/mol. The molecule has 1 N–H and O–H groups in total. The SMILES string of the molecule is O=C(N[C@@H](CS)C(=O)OCc1ccccc1)OCC(Cl)(Cl)Cl. The van der Waals surface area contributed by atoms with Crippen molar-refractivity contribution in [2.24, 2.45) is 0 Å². The minimum Gasteiger partial charge on any atom is -0.459 e. The Balaban J connectivity index is 2.42. The number of thiol groups is 1. The molecule has 1 aromatic rings. The van der Waals surface area contributed by atoms with Crippen LogP contribution >= 0.6 is 47.4 Å². The van der Waals surface area contributed by atoms with E-state index in [0.717, 1.165) is 5.56 Å². The fourth-order valence-electron chi connectivity index (χ4n) is 1.34. The molecule has 0 spiro atoms. The molecule has 0 aliphatic heterocycles. The normalized spacial score (nSPS) is 12.4. The molecule has 1 atom stereocenters. The van der Waals surface area contributed by atoms with E-state index in [-0.39, 0.29) is 12.4 Å². The quantitative estimate of drug-likeness (QED) is 0.448. The molecule has 0 heterocycles. The lowest BCUT2D eigenvalue weighted by Gasteiger charge is -2.17. The van der Waals surface area contributed by atoms with Gasteiger partial charge < -0.3 is 14.8 Å². The van der Waals surface area contributed by atoms with Crippen LogP contribution in [0.1, 0.15) is 5.56 Å². The third-order valence-corrected chi connectivity index (χ3v) is 3.04. The van der Waals surface area contributed by atoms with Crippen LogP contribution < -0.4 is 5.32 Å². The summed E-state index contributed by atoms with van der Waals surface area (Å²) in [6.07, 6.45) is -0.901. The Hall–Kier alpha value is -0.820. The van der Waals surface area contributed by atoms with Gasteiger partial charge in [-0.05, 0) is 5.56 Å². The van der Waals surface area contributed by atoms with E-state index < -0.39 is 28.5 Å². The lowest BCUT2D eigenvalue weighted by Crippen LogP contribution is -2.44. The van der Waals surface area contributed by atoms with Crippen molar-refractivity contribution in [3.63, 3.8) is 0 Å². The summed E-state index contributed by atoms with van der Waals surface area (Å²) in [6.45, 7) is -0.351. The Morgan fingerprint density at radius 3 is 2.36 bits per heavy atom. The van der Waals surface area contributed by atoms with E-state index >= 15 is 0 Å². The van der Waals surface area contributed by atoms with Crippen LogP contribution in [0.4, 0.5) is 4.79 Å². The van der Waals surface area contributed by atoms with E-state index in [2.05, 4.69) is 22.7 Å². The molecule has 0 aliphatic rings. The monoisotopic (exact) mass is 385 g/mol. The zero-order valence-electron chi connectivity index (χ0n) is 11.3. The van der Waals surface area contributed by atoms with E-state index in [1.54, 1.807) is 0 Å². The van der Waals surface area contributed by atoms with Gasteiger partial charge in [0.2, 0.25) is 3.79 Å². The molecule has 9 heteroatoms. The van der Waals surface area contributed by atoms with Crippen molar-refractivity contribution in [1.29, 1.82) is 0 Å². The molecule has 1 rings (SSSR count). The van der Waals surface area contributed by atoms with Crippen LogP contribution in [0.5, 0.6) is 0 Å². The van der Waals surface area contributed by atoms with Gasteiger partial charge in [0.25, 0.3) is 0 Å². The first-order valence-electron chi connectivity index (χ1n) is 6.13. The van der Waals surface area contributed by atoms with E-state index in [4.69, 9.17) is 39.5 Å². The molecule has 0 saturated heterocycles. The largest absolute Gasteiger partial charge is 0.459 e. The third kappa shape index (κ3) is 7.98. The maximum absolute atomic E-state index is 11.9. The number of esters is 1. The summed E-state index contributed by atoms with van der Waals surface area (Å²) in [5, 5.41) is 2.29. The third-order valence-electron chi connectivity index (χ3n) is 2.35. The van der Waals surface area contributed by atoms with Crippen molar-refractivity contribution in [3.8, 4) is 0 Å². The number of nitrogens with one attached hydrogen (secondary N) is 1. The summed E-state index contributed by atoms with van der Waals surface area (Å²) in [5.74, 6) is -0.596. The molecular formula is C13H14Cl3NO4S. The summed E-state index contributed by atoms with van der Waals surface area (Å²) in [5.41, 5.74) is 0.826. The van der Waals surface area contributed by atoms with Crippen LogP contribution in [0.15, 0.2) is 30.3 Å². The predicted molar refractivity (Wildman–Crippen MR) is 88.7 cm³/mol. The Morgan fingerprint density at radius 1 is 1.18 bits per heavy atom. The number of hydrogen-bond acceptors (Lipinski definition) is 5. The minimum absolute atomic E-state index is 0.0382. The Morgan fingerprint density at radius 2 is 1.82 bits per heavy atom. The summed E-state index contributed by atoms with van der Waals surface area (Å²) in [6, 6.07) is 8.16. The number of benzene rings is 1. The van der Waals surface area contributed by atoms with Crippen molar-refractivity contribution in [3.05, 3.63) is 35.9 Å². The number of ether oxygens (including phenoxy) is 2. The highest BCUT2D eigenvalue weighted by atomic mass is 35.6. The molecule has 0 fully saturated rings. The van der Waals surface area contributed by atoms with Gasteiger partial charge in [-0.25, -0.2) is 9.59 Å². The molecule has 1 aromatic carbocycles. The Labute approximate surface area is 148 Å². The van der Waals surface area contributed by atoms with Crippen LogP contribution in [-0.4, -0.2) is 34.3 Å². The highest BCUT2D eigenvalue weighted by Gasteiger charge is 2.25. The fraction of sp³-hybridized carbons (Fsp3) is 0.385. The number of hydrogen-bond donors (Lipinski definition) is 2. The average Bonchev–Trinajstić information content (AvgIpc) is 2.48. The first-order valence-corrected chi connectivity index (χ1v) is 7.90. The molecule has 0 saturated carbocycles. The molecule has 1 amide bonds. The molecule has 0 unspecified atom stereocenters. The van der Waals surface area contributed by atoms with Crippen LogP contribution in [0.3, 0.4) is 0 Å². The highest BCUT2D eigenvalue weighted by Crippen LogP contribution is 2.25. The number of amides is 1. The summed E-state index contributed by atoms with van der Waals surface area (Å²) in [7, 11) is 0. The van der Waals surface area contributed by atoms with Crippen LogP contribution in [0.25, 0.3) is 0 Å². The first kappa shape index (κ1) is 19.2. The number of carbonyl (C=O) groups excluding carboxylic acids is 2. The molecule has 0 bridgehead atoms. The molecule has 122 valence electrons. The number of carbonyl (C=O) groups is 2. The van der Waals surface area contributed by atoms with Crippen LogP contribution in [0.2, 0.25) is 0 Å². The lowest BCUT2D eigenvalue weighted by molar-refractivity contribution is -0.146. The van der Waals surface area contributed by atoms with Gasteiger partial charge in [-0.1, -0.05) is 65.1 Å². The molecule has 0 aromatic heterocycles. The van der Waals surface area contributed by atoms with Gasteiger partial charge in [0, 0.05) is 5.75 Å². The molecule has 0 radical (unpaired) electrons. The van der Waals surface area contributed by atoms with Crippen molar-refractivity contribution in [2.45, 2.75) is 16.4 Å². The average molecular weight is 387 g/mol. The van der Waals surface area contributed by atoms with Crippen molar-refractivity contribution < 1.29 is 19.1 Å². The number of halogens is 3. The zero-order chi connectivity index (χ0) is 16.6. The Kier molecular flexibility index (Phi) is 8.17. The van der Waals surface area contributed by atoms with E-state index in [9.17, 15) is 9.59 Å². The van der Waals surface area contributed by atoms with Gasteiger partial charge in [0.1, 0.15) is 19.3 Å². The number of alkyl halides is 3. The number of alkyl carbamates (subject to hydrolysis) is 1. The Bertz CT molecular complexity index is 496. The second kappa shape index (κ2) is 9.35. The standard InChI is InChI=1S/C13H14Cl3NO4S/c14-13(15,16)8-21-12(19)17-10(7-22)11(18)20-6-9-4-2-1-3-5-9/h1-5,10,22H,6-8H2,(H,17,19)/t10-/m0/s1. The van der Waals surface area contributed by atoms with Gasteiger partial charge in [0.05, 0.1) is 0 Å². The molecule has 5 nitrogen and oxygen atoms in total.